The van der Waals surface area contributed by atoms with E-state index in [2.05, 4.69) is 15.9 Å². The van der Waals surface area contributed by atoms with Gasteiger partial charge in [-0.3, -0.25) is 4.79 Å². The summed E-state index contributed by atoms with van der Waals surface area (Å²) in [4.78, 5) is 27.7. The first-order valence-corrected chi connectivity index (χ1v) is 8.22. The normalized spacial score (nSPS) is 15.5. The number of benzene rings is 1. The van der Waals surface area contributed by atoms with Crippen molar-refractivity contribution in [3.63, 3.8) is 0 Å². The van der Waals surface area contributed by atoms with Crippen molar-refractivity contribution < 1.29 is 19.4 Å². The van der Waals surface area contributed by atoms with Gasteiger partial charge in [-0.2, -0.15) is 0 Å². The Morgan fingerprint density at radius 1 is 1.13 bits per heavy atom. The zero-order valence-electron chi connectivity index (χ0n) is 13.5. The Morgan fingerprint density at radius 3 is 2.26 bits per heavy atom. The van der Waals surface area contributed by atoms with Crippen LogP contribution in [-0.4, -0.2) is 58.7 Å². The minimum absolute atomic E-state index is 0.0484. The van der Waals surface area contributed by atoms with E-state index in [1.165, 1.54) is 6.07 Å². The molecule has 1 aliphatic heterocycles. The summed E-state index contributed by atoms with van der Waals surface area (Å²) in [5.41, 5.74) is -0.281. The largest absolute Gasteiger partial charge is 0.507 e. The van der Waals surface area contributed by atoms with E-state index >= 15 is 0 Å². The maximum atomic E-state index is 12.5. The molecule has 23 heavy (non-hydrogen) atoms. The predicted octanol–water partition coefficient (Wildman–Crippen LogP) is 2.85. The minimum atomic E-state index is -0.536. The maximum absolute atomic E-state index is 12.5. The lowest BCUT2D eigenvalue weighted by atomic mass is 10.1. The molecular formula is C16H21BrN2O4. The highest BCUT2D eigenvalue weighted by molar-refractivity contribution is 9.10. The molecule has 6 nitrogen and oxygen atoms in total. The number of carbonyl (C=O) groups is 2. The first-order chi connectivity index (χ1) is 10.7. The number of phenolic OH excluding ortho intramolecular Hbond substituents is 1. The summed E-state index contributed by atoms with van der Waals surface area (Å²) in [6, 6.07) is 4.75. The summed E-state index contributed by atoms with van der Waals surface area (Å²) < 4.78 is 6.06. The molecule has 1 N–H and O–H groups in total. The van der Waals surface area contributed by atoms with E-state index in [0.29, 0.717) is 26.2 Å². The van der Waals surface area contributed by atoms with Crippen molar-refractivity contribution in [3.05, 3.63) is 28.2 Å². The molecule has 7 heteroatoms. The van der Waals surface area contributed by atoms with Crippen LogP contribution < -0.4 is 0 Å². The monoisotopic (exact) mass is 384 g/mol. The zero-order chi connectivity index (χ0) is 17.2. The van der Waals surface area contributed by atoms with E-state index in [4.69, 9.17) is 4.74 Å². The molecule has 1 aromatic carbocycles. The molecule has 0 unspecified atom stereocenters. The van der Waals surface area contributed by atoms with Gasteiger partial charge in [-0.05, 0) is 39.0 Å². The lowest BCUT2D eigenvalue weighted by Gasteiger charge is -2.35. The van der Waals surface area contributed by atoms with Gasteiger partial charge in [0.15, 0.2) is 0 Å². The average Bonchev–Trinajstić information content (AvgIpc) is 2.47. The van der Waals surface area contributed by atoms with Crippen molar-refractivity contribution in [2.45, 2.75) is 26.4 Å². The summed E-state index contributed by atoms with van der Waals surface area (Å²) in [5, 5.41) is 9.85. The van der Waals surface area contributed by atoms with Gasteiger partial charge in [0.2, 0.25) is 0 Å². The van der Waals surface area contributed by atoms with Crippen LogP contribution in [0, 0.1) is 0 Å². The van der Waals surface area contributed by atoms with E-state index in [0.717, 1.165) is 4.47 Å². The fraction of sp³-hybridized carbons (Fsp3) is 0.500. The van der Waals surface area contributed by atoms with Crippen molar-refractivity contribution in [1.29, 1.82) is 0 Å². The Labute approximate surface area is 144 Å². The van der Waals surface area contributed by atoms with Crippen molar-refractivity contribution in [1.82, 2.24) is 9.80 Å². The molecular weight excluding hydrogens is 364 g/mol. The van der Waals surface area contributed by atoms with E-state index in [-0.39, 0.29) is 23.3 Å². The van der Waals surface area contributed by atoms with Crippen LogP contribution >= 0.6 is 15.9 Å². The van der Waals surface area contributed by atoms with Crippen LogP contribution in [0.3, 0.4) is 0 Å². The molecule has 0 spiro atoms. The number of aromatic hydroxyl groups is 1. The maximum Gasteiger partial charge on any atom is 0.410 e. The number of hydrogen-bond acceptors (Lipinski definition) is 4. The molecule has 126 valence electrons. The Kier molecular flexibility index (Phi) is 5.19. The second kappa shape index (κ2) is 6.78. The van der Waals surface area contributed by atoms with Gasteiger partial charge in [-0.1, -0.05) is 15.9 Å². The van der Waals surface area contributed by atoms with Gasteiger partial charge >= 0.3 is 6.09 Å². The lowest BCUT2D eigenvalue weighted by Crippen LogP contribution is -2.51. The van der Waals surface area contributed by atoms with Crippen LogP contribution in [0.1, 0.15) is 31.1 Å². The number of nitrogens with zero attached hydrogens (tertiary/aromatic N) is 2. The Morgan fingerprint density at radius 2 is 1.70 bits per heavy atom. The number of amides is 2. The number of phenols is 1. The summed E-state index contributed by atoms with van der Waals surface area (Å²) in [6.45, 7) is 7.10. The quantitative estimate of drug-likeness (QED) is 0.807. The summed E-state index contributed by atoms with van der Waals surface area (Å²) in [6.07, 6.45) is -0.366. The van der Waals surface area contributed by atoms with Crippen LogP contribution in [0.5, 0.6) is 5.75 Å². The summed E-state index contributed by atoms with van der Waals surface area (Å²) >= 11 is 3.29. The van der Waals surface area contributed by atoms with Crippen LogP contribution in [0.2, 0.25) is 0 Å². The molecule has 1 aliphatic rings. The minimum Gasteiger partial charge on any atom is -0.507 e. The van der Waals surface area contributed by atoms with Crippen molar-refractivity contribution in [2.24, 2.45) is 0 Å². The van der Waals surface area contributed by atoms with Crippen molar-refractivity contribution in [2.75, 3.05) is 26.2 Å². The molecule has 0 bridgehead atoms. The Balaban J connectivity index is 1.97. The fourth-order valence-corrected chi connectivity index (χ4v) is 2.63. The standard InChI is InChI=1S/C16H21BrN2O4/c1-16(2,3)23-15(22)19-8-6-18(7-9-19)14(21)12-10-11(17)4-5-13(12)20/h4-5,10,20H,6-9H2,1-3H3. The van der Waals surface area contributed by atoms with E-state index < -0.39 is 5.60 Å². The smallest absolute Gasteiger partial charge is 0.410 e. The number of carbonyl (C=O) groups excluding carboxylic acids is 2. The molecule has 2 rings (SSSR count). The number of ether oxygens (including phenoxy) is 1. The van der Waals surface area contributed by atoms with Crippen molar-refractivity contribution >= 4 is 27.9 Å². The molecule has 1 aromatic rings. The highest BCUT2D eigenvalue weighted by atomic mass is 79.9. The van der Waals surface area contributed by atoms with E-state index in [9.17, 15) is 14.7 Å². The number of halogens is 1. The van der Waals surface area contributed by atoms with Gasteiger partial charge in [0.1, 0.15) is 11.4 Å². The Bertz CT molecular complexity index is 605. The van der Waals surface area contributed by atoms with Crippen molar-refractivity contribution in [3.8, 4) is 5.75 Å². The van der Waals surface area contributed by atoms with Gasteiger partial charge in [0.05, 0.1) is 5.56 Å². The molecule has 0 radical (unpaired) electrons. The number of rotatable bonds is 1. The molecule has 2 amide bonds. The molecule has 1 fully saturated rings. The second-order valence-corrected chi connectivity index (χ2v) is 7.34. The molecule has 0 aliphatic carbocycles. The Hall–Kier alpha value is -1.76. The number of piperazine rings is 1. The van der Waals surface area contributed by atoms with Crippen LogP contribution in [0.25, 0.3) is 0 Å². The van der Waals surface area contributed by atoms with Crippen LogP contribution in [-0.2, 0) is 4.74 Å². The molecule has 0 atom stereocenters. The fourth-order valence-electron chi connectivity index (χ4n) is 2.27. The average molecular weight is 385 g/mol. The van der Waals surface area contributed by atoms with Gasteiger partial charge < -0.3 is 19.6 Å². The highest BCUT2D eigenvalue weighted by Gasteiger charge is 2.28. The highest BCUT2D eigenvalue weighted by Crippen LogP contribution is 2.24. The van der Waals surface area contributed by atoms with Gasteiger partial charge in [-0.25, -0.2) is 4.79 Å². The van der Waals surface area contributed by atoms with Gasteiger partial charge in [0.25, 0.3) is 5.91 Å². The number of hydrogen-bond donors (Lipinski definition) is 1. The van der Waals surface area contributed by atoms with E-state index in [1.54, 1.807) is 21.9 Å². The molecule has 1 saturated heterocycles. The SMILES string of the molecule is CC(C)(C)OC(=O)N1CCN(C(=O)c2cc(Br)ccc2O)CC1. The summed E-state index contributed by atoms with van der Waals surface area (Å²) in [7, 11) is 0. The molecule has 1 heterocycles. The summed E-state index contributed by atoms with van der Waals surface area (Å²) in [5.74, 6) is -0.291. The zero-order valence-corrected chi connectivity index (χ0v) is 15.1. The third-order valence-corrected chi connectivity index (χ3v) is 3.90. The van der Waals surface area contributed by atoms with E-state index in [1.807, 2.05) is 20.8 Å². The molecule has 0 saturated carbocycles. The van der Waals surface area contributed by atoms with Crippen LogP contribution in [0.4, 0.5) is 4.79 Å². The third-order valence-electron chi connectivity index (χ3n) is 3.41. The van der Waals surface area contributed by atoms with Gasteiger partial charge in [0, 0.05) is 30.7 Å². The predicted molar refractivity (Wildman–Crippen MR) is 89.5 cm³/mol. The molecule has 0 aromatic heterocycles. The second-order valence-electron chi connectivity index (χ2n) is 6.42. The first-order valence-electron chi connectivity index (χ1n) is 7.43. The van der Waals surface area contributed by atoms with Gasteiger partial charge in [-0.15, -0.1) is 0 Å². The van der Waals surface area contributed by atoms with Crippen LogP contribution in [0.15, 0.2) is 22.7 Å². The lowest BCUT2D eigenvalue weighted by molar-refractivity contribution is 0.0140. The first kappa shape index (κ1) is 17.6. The third kappa shape index (κ3) is 4.60. The topological polar surface area (TPSA) is 70.1 Å².